The Balaban J connectivity index is 2.48. The van der Waals surface area contributed by atoms with Gasteiger partial charge in [0, 0.05) is 19.2 Å². The van der Waals surface area contributed by atoms with E-state index in [9.17, 15) is 10.1 Å². The second kappa shape index (κ2) is 8.65. The van der Waals surface area contributed by atoms with Crippen LogP contribution in [0.3, 0.4) is 0 Å². The van der Waals surface area contributed by atoms with Crippen molar-refractivity contribution in [2.75, 3.05) is 25.6 Å². The van der Waals surface area contributed by atoms with Crippen LogP contribution in [0.4, 0.5) is 5.82 Å². The van der Waals surface area contributed by atoms with Gasteiger partial charge < -0.3 is 14.8 Å². The molecular weight excluding hydrogens is 342 g/mol. The molecule has 2 rings (SSSR count). The molecule has 2 aromatic rings. The summed E-state index contributed by atoms with van der Waals surface area (Å²) in [5, 5.41) is 12.5. The third-order valence-corrected chi connectivity index (χ3v) is 3.85. The largest absolute Gasteiger partial charge is 0.455 e. The van der Waals surface area contributed by atoms with Crippen molar-refractivity contribution in [1.29, 1.82) is 5.26 Å². The number of ether oxygens (including phenoxy) is 2. The molecule has 142 valence electrons. The highest BCUT2D eigenvalue weighted by Gasteiger charge is 2.21. The van der Waals surface area contributed by atoms with Crippen molar-refractivity contribution in [2.45, 2.75) is 33.3 Å². The van der Waals surface area contributed by atoms with Crippen LogP contribution in [0.1, 0.15) is 42.4 Å². The van der Waals surface area contributed by atoms with Crippen LogP contribution in [0.5, 0.6) is 0 Å². The average molecular weight is 367 g/mol. The zero-order valence-electron chi connectivity index (χ0n) is 16.4. The Hall–Kier alpha value is -2.91. The van der Waals surface area contributed by atoms with Gasteiger partial charge in [0.05, 0.1) is 18.2 Å². The van der Waals surface area contributed by atoms with Gasteiger partial charge in [0.15, 0.2) is 5.69 Å². The van der Waals surface area contributed by atoms with Gasteiger partial charge in [0.1, 0.15) is 11.4 Å². The average Bonchev–Trinajstić information content (AvgIpc) is 2.61. The van der Waals surface area contributed by atoms with E-state index >= 15 is 0 Å². The van der Waals surface area contributed by atoms with Crippen molar-refractivity contribution in [1.82, 2.24) is 4.98 Å². The Bertz CT molecular complexity index is 864. The Morgan fingerprint density at radius 1 is 1.22 bits per heavy atom. The number of benzene rings is 1. The predicted octanol–water partition coefficient (Wildman–Crippen LogP) is 3.94. The summed E-state index contributed by atoms with van der Waals surface area (Å²) in [5.41, 5.74) is 2.79. The summed E-state index contributed by atoms with van der Waals surface area (Å²) in [6, 6.07) is 11.2. The van der Waals surface area contributed by atoms with Crippen LogP contribution in [0.2, 0.25) is 0 Å². The molecule has 0 radical (unpaired) electrons. The molecular formula is C21H25N3O3. The van der Waals surface area contributed by atoms with Gasteiger partial charge in [-0.15, -0.1) is 0 Å². The molecule has 6 nitrogen and oxygen atoms in total. The molecule has 6 heteroatoms. The van der Waals surface area contributed by atoms with E-state index in [0.717, 1.165) is 16.7 Å². The maximum absolute atomic E-state index is 12.4. The monoisotopic (exact) mass is 367 g/mol. The van der Waals surface area contributed by atoms with Gasteiger partial charge in [-0.2, -0.15) is 5.26 Å². The molecule has 0 fully saturated rings. The zero-order valence-corrected chi connectivity index (χ0v) is 16.4. The van der Waals surface area contributed by atoms with Crippen LogP contribution < -0.4 is 5.32 Å². The number of nitrogens with one attached hydrogen (secondary N) is 1. The number of pyridine rings is 1. The van der Waals surface area contributed by atoms with E-state index in [0.29, 0.717) is 24.5 Å². The van der Waals surface area contributed by atoms with Crippen LogP contribution in [0.25, 0.3) is 11.1 Å². The Kier molecular flexibility index (Phi) is 6.54. The Labute approximate surface area is 160 Å². The number of methoxy groups -OCH3 is 1. The molecule has 0 saturated heterocycles. The molecule has 27 heavy (non-hydrogen) atoms. The van der Waals surface area contributed by atoms with Crippen LogP contribution in [-0.2, 0) is 9.47 Å². The minimum atomic E-state index is -0.598. The van der Waals surface area contributed by atoms with E-state index in [4.69, 9.17) is 9.47 Å². The molecule has 1 N–H and O–H groups in total. The van der Waals surface area contributed by atoms with Gasteiger partial charge in [0.25, 0.3) is 0 Å². The van der Waals surface area contributed by atoms with Gasteiger partial charge in [0.2, 0.25) is 0 Å². The summed E-state index contributed by atoms with van der Waals surface area (Å²) < 4.78 is 10.5. The lowest BCUT2D eigenvalue weighted by Gasteiger charge is -2.20. The summed E-state index contributed by atoms with van der Waals surface area (Å²) in [5.74, 6) is 0.0694. The molecule has 0 saturated carbocycles. The third kappa shape index (κ3) is 5.28. The van der Waals surface area contributed by atoms with Crippen molar-refractivity contribution >= 4 is 11.8 Å². The standard InChI is InChI=1S/C21H25N3O3/c1-14-15(13-22)7-6-8-16(14)17-9-10-18(20(25)27-21(2,3)4)24-19(17)23-11-12-26-5/h6-10H,11-12H2,1-5H3,(H,23,24). The van der Waals surface area contributed by atoms with E-state index in [1.807, 2.05) is 45.9 Å². The van der Waals surface area contributed by atoms with Crippen molar-refractivity contribution in [3.63, 3.8) is 0 Å². The summed E-state index contributed by atoms with van der Waals surface area (Å²) in [4.78, 5) is 16.9. The molecule has 0 amide bonds. The van der Waals surface area contributed by atoms with Crippen LogP contribution in [0, 0.1) is 18.3 Å². The minimum Gasteiger partial charge on any atom is -0.455 e. The van der Waals surface area contributed by atoms with Crippen LogP contribution in [-0.4, -0.2) is 36.8 Å². The van der Waals surface area contributed by atoms with Gasteiger partial charge in [-0.25, -0.2) is 9.78 Å². The first-order valence-corrected chi connectivity index (χ1v) is 8.74. The molecule has 1 aromatic heterocycles. The van der Waals surface area contributed by atoms with Gasteiger partial charge in [-0.3, -0.25) is 0 Å². The molecule has 0 aliphatic carbocycles. The fourth-order valence-electron chi connectivity index (χ4n) is 2.58. The van der Waals surface area contributed by atoms with Crippen molar-refractivity contribution in [2.24, 2.45) is 0 Å². The quantitative estimate of drug-likeness (QED) is 0.615. The molecule has 0 spiro atoms. The maximum atomic E-state index is 12.4. The lowest BCUT2D eigenvalue weighted by molar-refractivity contribution is 0.00630. The van der Waals surface area contributed by atoms with Gasteiger partial charge >= 0.3 is 5.97 Å². The van der Waals surface area contributed by atoms with Gasteiger partial charge in [-0.1, -0.05) is 12.1 Å². The number of hydrogen-bond donors (Lipinski definition) is 1. The minimum absolute atomic E-state index is 0.225. The van der Waals surface area contributed by atoms with E-state index < -0.39 is 11.6 Å². The van der Waals surface area contributed by atoms with Crippen molar-refractivity contribution in [3.05, 3.63) is 47.2 Å². The number of aromatic nitrogens is 1. The molecule has 0 bridgehead atoms. The predicted molar refractivity (Wildman–Crippen MR) is 105 cm³/mol. The zero-order chi connectivity index (χ0) is 20.0. The van der Waals surface area contributed by atoms with Crippen LogP contribution in [0.15, 0.2) is 30.3 Å². The summed E-state index contributed by atoms with van der Waals surface area (Å²) in [6.45, 7) is 8.37. The molecule has 0 aliphatic rings. The summed E-state index contributed by atoms with van der Waals surface area (Å²) >= 11 is 0. The number of hydrogen-bond acceptors (Lipinski definition) is 6. The van der Waals surface area contributed by atoms with E-state index in [1.165, 1.54) is 0 Å². The first-order valence-electron chi connectivity index (χ1n) is 8.74. The fraction of sp³-hybridized carbons (Fsp3) is 0.381. The summed E-state index contributed by atoms with van der Waals surface area (Å²) in [7, 11) is 1.62. The number of carbonyl (C=O) groups excluding carboxylic acids is 1. The highest BCUT2D eigenvalue weighted by Crippen LogP contribution is 2.31. The molecule has 0 atom stereocenters. The SMILES string of the molecule is COCCNc1nc(C(=O)OC(C)(C)C)ccc1-c1cccc(C#N)c1C. The van der Waals surface area contributed by atoms with Crippen molar-refractivity contribution in [3.8, 4) is 17.2 Å². The van der Waals surface area contributed by atoms with Gasteiger partial charge in [-0.05, 0) is 57.0 Å². The number of carbonyl (C=O) groups is 1. The lowest BCUT2D eigenvalue weighted by atomic mass is 9.97. The lowest BCUT2D eigenvalue weighted by Crippen LogP contribution is -2.24. The fourth-order valence-corrected chi connectivity index (χ4v) is 2.58. The maximum Gasteiger partial charge on any atom is 0.357 e. The number of nitrogens with zero attached hydrogens (tertiary/aromatic N) is 2. The molecule has 1 heterocycles. The molecule has 1 aromatic carbocycles. The number of esters is 1. The molecule has 0 unspecified atom stereocenters. The van der Waals surface area contributed by atoms with E-state index in [2.05, 4.69) is 16.4 Å². The number of anilines is 1. The third-order valence-electron chi connectivity index (χ3n) is 3.85. The number of nitriles is 1. The first kappa shape index (κ1) is 20.4. The second-order valence-corrected chi connectivity index (χ2v) is 7.10. The van der Waals surface area contributed by atoms with E-state index in [-0.39, 0.29) is 5.69 Å². The first-order chi connectivity index (χ1) is 12.8. The highest BCUT2D eigenvalue weighted by atomic mass is 16.6. The van der Waals surface area contributed by atoms with Crippen LogP contribution >= 0.6 is 0 Å². The topological polar surface area (TPSA) is 84.2 Å². The van der Waals surface area contributed by atoms with Crippen molar-refractivity contribution < 1.29 is 14.3 Å². The molecule has 0 aliphatic heterocycles. The second-order valence-electron chi connectivity index (χ2n) is 7.10. The van der Waals surface area contributed by atoms with E-state index in [1.54, 1.807) is 19.2 Å². The highest BCUT2D eigenvalue weighted by molar-refractivity contribution is 5.90. The smallest absolute Gasteiger partial charge is 0.357 e. The summed E-state index contributed by atoms with van der Waals surface area (Å²) in [6.07, 6.45) is 0. The normalized spacial score (nSPS) is 11.0. The Morgan fingerprint density at radius 3 is 2.59 bits per heavy atom. The number of rotatable bonds is 6. The Morgan fingerprint density at radius 2 is 1.96 bits per heavy atom.